The van der Waals surface area contributed by atoms with Crippen LogP contribution in [0.1, 0.15) is 26.4 Å². The zero-order valence-electron chi connectivity index (χ0n) is 16.2. The van der Waals surface area contributed by atoms with E-state index in [2.05, 4.69) is 20.6 Å². The fourth-order valence-electron chi connectivity index (χ4n) is 2.63. The fraction of sp³-hybridized carbons (Fsp3) is 0.143. The second-order valence-electron chi connectivity index (χ2n) is 6.11. The minimum Gasteiger partial charge on any atom is -0.495 e. The van der Waals surface area contributed by atoms with E-state index >= 15 is 0 Å². The average Bonchev–Trinajstić information content (AvgIpc) is 2.74. The van der Waals surface area contributed by atoms with Crippen LogP contribution in [0.5, 0.6) is 5.75 Å². The van der Waals surface area contributed by atoms with E-state index in [-0.39, 0.29) is 11.3 Å². The number of para-hydroxylation sites is 1. The first-order valence-corrected chi connectivity index (χ1v) is 8.74. The Morgan fingerprint density at radius 3 is 2.45 bits per heavy atom. The summed E-state index contributed by atoms with van der Waals surface area (Å²) in [5.74, 6) is 0.0891. The molecular weight excluding hydrogens is 372 g/mol. The van der Waals surface area contributed by atoms with Crippen LogP contribution in [-0.2, 0) is 4.74 Å². The molecule has 2 aromatic carbocycles. The van der Waals surface area contributed by atoms with Crippen LogP contribution in [0, 0.1) is 6.92 Å². The van der Waals surface area contributed by atoms with Crippen molar-refractivity contribution in [3.05, 3.63) is 71.7 Å². The molecule has 0 unspecified atom stereocenters. The van der Waals surface area contributed by atoms with Crippen molar-refractivity contribution in [1.82, 2.24) is 9.97 Å². The van der Waals surface area contributed by atoms with Crippen molar-refractivity contribution in [1.29, 1.82) is 0 Å². The van der Waals surface area contributed by atoms with Crippen LogP contribution in [-0.4, -0.2) is 36.1 Å². The molecular formula is C21H20N4O4. The van der Waals surface area contributed by atoms with Crippen molar-refractivity contribution in [2.24, 2.45) is 0 Å². The number of aryl methyl sites for hydroxylation is 1. The van der Waals surface area contributed by atoms with E-state index in [4.69, 9.17) is 9.47 Å². The molecule has 0 aliphatic heterocycles. The normalized spacial score (nSPS) is 10.2. The van der Waals surface area contributed by atoms with Gasteiger partial charge in [-0.05, 0) is 36.8 Å². The van der Waals surface area contributed by atoms with Gasteiger partial charge in [0.05, 0.1) is 43.6 Å². The highest BCUT2D eigenvalue weighted by molar-refractivity contribution is 6.06. The van der Waals surface area contributed by atoms with Gasteiger partial charge in [-0.25, -0.2) is 14.8 Å². The monoisotopic (exact) mass is 392 g/mol. The highest BCUT2D eigenvalue weighted by Gasteiger charge is 2.15. The third-order valence-corrected chi connectivity index (χ3v) is 4.08. The smallest absolute Gasteiger partial charge is 0.339 e. The summed E-state index contributed by atoms with van der Waals surface area (Å²) in [6.45, 7) is 1.97. The number of methoxy groups -OCH3 is 2. The number of anilines is 3. The van der Waals surface area contributed by atoms with Crippen LogP contribution >= 0.6 is 0 Å². The van der Waals surface area contributed by atoms with Crippen molar-refractivity contribution in [3.8, 4) is 5.75 Å². The van der Waals surface area contributed by atoms with E-state index in [0.717, 1.165) is 11.3 Å². The molecule has 0 atom stereocenters. The summed E-state index contributed by atoms with van der Waals surface area (Å²) >= 11 is 0. The van der Waals surface area contributed by atoms with Gasteiger partial charge in [-0.3, -0.25) is 4.79 Å². The van der Waals surface area contributed by atoms with Crippen LogP contribution in [0.15, 0.2) is 54.9 Å². The molecule has 0 aliphatic carbocycles. The topological polar surface area (TPSA) is 102 Å². The molecule has 0 saturated heterocycles. The Balaban J connectivity index is 1.75. The zero-order valence-corrected chi connectivity index (χ0v) is 16.2. The number of benzene rings is 2. The molecule has 0 radical (unpaired) electrons. The van der Waals surface area contributed by atoms with Crippen molar-refractivity contribution >= 4 is 29.1 Å². The summed E-state index contributed by atoms with van der Waals surface area (Å²) in [5, 5.41) is 5.77. The van der Waals surface area contributed by atoms with Gasteiger partial charge in [0.1, 0.15) is 17.3 Å². The Labute approximate surface area is 167 Å². The molecule has 0 fully saturated rings. The fourth-order valence-corrected chi connectivity index (χ4v) is 2.63. The van der Waals surface area contributed by atoms with Gasteiger partial charge in [-0.15, -0.1) is 0 Å². The average molecular weight is 392 g/mol. The number of aromatic nitrogens is 2. The summed E-state index contributed by atoms with van der Waals surface area (Å²) < 4.78 is 10.1. The first-order chi connectivity index (χ1) is 14.0. The van der Waals surface area contributed by atoms with Crippen LogP contribution in [0.4, 0.5) is 17.2 Å². The summed E-state index contributed by atoms with van der Waals surface area (Å²) in [6, 6.07) is 12.3. The molecule has 3 aromatic rings. The van der Waals surface area contributed by atoms with E-state index in [9.17, 15) is 9.59 Å². The van der Waals surface area contributed by atoms with E-state index in [1.54, 1.807) is 31.4 Å². The molecule has 0 aliphatic rings. The predicted octanol–water partition coefficient (Wildman–Crippen LogP) is 3.58. The maximum Gasteiger partial charge on any atom is 0.339 e. The largest absolute Gasteiger partial charge is 0.495 e. The number of hydrogen-bond acceptors (Lipinski definition) is 7. The molecule has 2 N–H and O–H groups in total. The quantitative estimate of drug-likeness (QED) is 0.618. The lowest BCUT2D eigenvalue weighted by Crippen LogP contribution is -2.17. The van der Waals surface area contributed by atoms with E-state index in [1.807, 2.05) is 25.1 Å². The molecule has 1 heterocycles. The molecule has 0 spiro atoms. The summed E-state index contributed by atoms with van der Waals surface area (Å²) in [6.07, 6.45) is 2.80. The van der Waals surface area contributed by atoms with Gasteiger partial charge in [-0.2, -0.15) is 0 Å². The van der Waals surface area contributed by atoms with E-state index in [0.29, 0.717) is 17.3 Å². The number of hydrogen-bond donors (Lipinski definition) is 2. The third-order valence-electron chi connectivity index (χ3n) is 4.08. The van der Waals surface area contributed by atoms with Crippen LogP contribution in [0.3, 0.4) is 0 Å². The molecule has 148 valence electrons. The predicted molar refractivity (Wildman–Crippen MR) is 109 cm³/mol. The standard InChI is InChI=1S/C21H20N4O4/c1-13-8-9-18(28-2)16(10-13)24-19-12-22-17(11-23-19)20(26)25-15-7-5-4-6-14(15)21(27)29-3/h4-12H,1-3H3,(H,23,24)(H,25,26). The Hall–Kier alpha value is -3.94. The van der Waals surface area contributed by atoms with Crippen LogP contribution in [0.25, 0.3) is 0 Å². The SMILES string of the molecule is COC(=O)c1ccccc1NC(=O)c1cnc(Nc2cc(C)ccc2OC)cn1. The van der Waals surface area contributed by atoms with Gasteiger partial charge < -0.3 is 20.1 Å². The van der Waals surface area contributed by atoms with Crippen molar-refractivity contribution in [2.45, 2.75) is 6.92 Å². The number of nitrogens with zero attached hydrogens (tertiary/aromatic N) is 2. The molecule has 1 aromatic heterocycles. The van der Waals surface area contributed by atoms with Crippen LogP contribution < -0.4 is 15.4 Å². The maximum absolute atomic E-state index is 12.5. The highest BCUT2D eigenvalue weighted by atomic mass is 16.5. The van der Waals surface area contributed by atoms with Gasteiger partial charge in [-0.1, -0.05) is 18.2 Å². The van der Waals surface area contributed by atoms with Crippen molar-refractivity contribution in [2.75, 3.05) is 24.9 Å². The minimum absolute atomic E-state index is 0.103. The summed E-state index contributed by atoms with van der Waals surface area (Å²) in [7, 11) is 2.86. The van der Waals surface area contributed by atoms with E-state index < -0.39 is 11.9 Å². The molecule has 0 bridgehead atoms. The third kappa shape index (κ3) is 4.67. The number of amides is 1. The van der Waals surface area contributed by atoms with Crippen LogP contribution in [0.2, 0.25) is 0 Å². The summed E-state index contributed by atoms with van der Waals surface area (Å²) in [5.41, 5.74) is 2.48. The van der Waals surface area contributed by atoms with E-state index in [1.165, 1.54) is 19.5 Å². The number of carbonyl (C=O) groups is 2. The number of rotatable bonds is 6. The number of carbonyl (C=O) groups excluding carboxylic acids is 2. The van der Waals surface area contributed by atoms with Gasteiger partial charge in [0.25, 0.3) is 5.91 Å². The number of ether oxygens (including phenoxy) is 2. The first-order valence-electron chi connectivity index (χ1n) is 8.74. The number of esters is 1. The molecule has 3 rings (SSSR count). The number of nitrogens with one attached hydrogen (secondary N) is 2. The maximum atomic E-state index is 12.5. The lowest BCUT2D eigenvalue weighted by atomic mass is 10.1. The zero-order chi connectivity index (χ0) is 20.8. The molecule has 0 saturated carbocycles. The molecule has 8 heteroatoms. The Morgan fingerprint density at radius 1 is 0.966 bits per heavy atom. The van der Waals surface area contributed by atoms with Gasteiger partial charge >= 0.3 is 5.97 Å². The van der Waals surface area contributed by atoms with Crippen molar-refractivity contribution < 1.29 is 19.1 Å². The second-order valence-corrected chi connectivity index (χ2v) is 6.11. The Bertz CT molecular complexity index is 1040. The molecule has 1 amide bonds. The van der Waals surface area contributed by atoms with Gasteiger partial charge in [0.15, 0.2) is 0 Å². The molecule has 8 nitrogen and oxygen atoms in total. The second kappa shape index (κ2) is 8.83. The lowest BCUT2D eigenvalue weighted by Gasteiger charge is -2.12. The summed E-state index contributed by atoms with van der Waals surface area (Å²) in [4.78, 5) is 32.7. The Kier molecular flexibility index (Phi) is 6.03. The highest BCUT2D eigenvalue weighted by Crippen LogP contribution is 2.27. The minimum atomic E-state index is -0.543. The first kappa shape index (κ1) is 19.8. The van der Waals surface area contributed by atoms with Gasteiger partial charge in [0, 0.05) is 0 Å². The van der Waals surface area contributed by atoms with Gasteiger partial charge in [0.2, 0.25) is 0 Å². The lowest BCUT2D eigenvalue weighted by molar-refractivity contribution is 0.0602. The van der Waals surface area contributed by atoms with Crippen molar-refractivity contribution in [3.63, 3.8) is 0 Å². The molecule has 29 heavy (non-hydrogen) atoms. The Morgan fingerprint density at radius 2 is 1.76 bits per heavy atom.